The SMILES string of the molecule is CC(C)(C)OC(=O)N1C[C@@H](c2ccn(C3CCNCC3)c(=O)c2)CC12CC2. The van der Waals surface area contributed by atoms with Gasteiger partial charge in [0.15, 0.2) is 0 Å². The molecule has 0 aromatic carbocycles. The number of rotatable bonds is 2. The van der Waals surface area contributed by atoms with Crippen LogP contribution in [0.15, 0.2) is 23.1 Å². The van der Waals surface area contributed by atoms with E-state index in [0.29, 0.717) is 12.6 Å². The molecule has 1 aromatic rings. The first-order valence-corrected chi connectivity index (χ1v) is 10.2. The number of likely N-dealkylation sites (tertiary alicyclic amines) is 1. The summed E-state index contributed by atoms with van der Waals surface area (Å²) in [6, 6.07) is 4.17. The van der Waals surface area contributed by atoms with Gasteiger partial charge in [0.05, 0.1) is 0 Å². The average Bonchev–Trinajstić information content (AvgIpc) is 3.26. The Labute approximate surface area is 160 Å². The van der Waals surface area contributed by atoms with E-state index in [1.165, 1.54) is 0 Å². The average molecular weight is 373 g/mol. The van der Waals surface area contributed by atoms with Crippen LogP contribution < -0.4 is 10.9 Å². The van der Waals surface area contributed by atoms with Crippen molar-refractivity contribution in [3.05, 3.63) is 34.2 Å². The predicted molar refractivity (Wildman–Crippen MR) is 104 cm³/mol. The summed E-state index contributed by atoms with van der Waals surface area (Å²) in [5.74, 6) is 0.218. The van der Waals surface area contributed by atoms with E-state index in [9.17, 15) is 9.59 Å². The van der Waals surface area contributed by atoms with Crippen LogP contribution in [0.25, 0.3) is 0 Å². The first kappa shape index (κ1) is 18.5. The lowest BCUT2D eigenvalue weighted by atomic mass is 9.96. The molecular formula is C21H31N3O3. The molecule has 3 heterocycles. The van der Waals surface area contributed by atoms with Gasteiger partial charge in [0.25, 0.3) is 5.56 Å². The second-order valence-electron chi connectivity index (χ2n) is 9.40. The van der Waals surface area contributed by atoms with E-state index >= 15 is 0 Å². The molecule has 0 unspecified atom stereocenters. The van der Waals surface area contributed by atoms with Crippen molar-refractivity contribution in [1.82, 2.24) is 14.8 Å². The zero-order valence-electron chi connectivity index (χ0n) is 16.7. The van der Waals surface area contributed by atoms with Crippen LogP contribution in [0.2, 0.25) is 0 Å². The third kappa shape index (κ3) is 3.77. The summed E-state index contributed by atoms with van der Waals surface area (Å²) in [5, 5.41) is 3.34. The molecule has 1 atom stereocenters. The summed E-state index contributed by atoms with van der Waals surface area (Å²) >= 11 is 0. The molecule has 148 valence electrons. The Bertz CT molecular complexity index is 770. The molecule has 4 rings (SSSR count). The topological polar surface area (TPSA) is 63.6 Å². The number of hydrogen-bond donors (Lipinski definition) is 1. The van der Waals surface area contributed by atoms with Crippen molar-refractivity contribution < 1.29 is 9.53 Å². The van der Waals surface area contributed by atoms with Gasteiger partial charge >= 0.3 is 6.09 Å². The van der Waals surface area contributed by atoms with Gasteiger partial charge in [-0.25, -0.2) is 4.79 Å². The van der Waals surface area contributed by atoms with Gasteiger partial charge in [-0.1, -0.05) is 0 Å². The minimum Gasteiger partial charge on any atom is -0.444 e. The fourth-order valence-corrected chi connectivity index (χ4v) is 4.62. The van der Waals surface area contributed by atoms with Crippen LogP contribution >= 0.6 is 0 Å². The number of nitrogens with one attached hydrogen (secondary N) is 1. The Balaban J connectivity index is 1.50. The van der Waals surface area contributed by atoms with Crippen LogP contribution in [-0.4, -0.2) is 46.3 Å². The maximum absolute atomic E-state index is 12.7. The smallest absolute Gasteiger partial charge is 0.410 e. The van der Waals surface area contributed by atoms with Gasteiger partial charge in [-0.15, -0.1) is 0 Å². The van der Waals surface area contributed by atoms with Crippen LogP contribution in [0.5, 0.6) is 0 Å². The molecule has 1 saturated carbocycles. The number of aromatic nitrogens is 1. The standard InChI is InChI=1S/C21H31N3O3/c1-20(2,3)27-19(26)24-14-16(13-21(24)7-8-21)15-6-11-23(18(25)12-15)17-4-9-22-10-5-17/h6,11-12,16-17,22H,4-5,7-10,13-14H2,1-3H3/t16-/m0/s1. The van der Waals surface area contributed by atoms with Crippen LogP contribution in [0, 0.1) is 0 Å². The van der Waals surface area contributed by atoms with Crippen molar-refractivity contribution in [2.45, 2.75) is 76.0 Å². The number of piperidine rings is 1. The molecule has 1 N–H and O–H groups in total. The Kier molecular flexibility index (Phi) is 4.57. The Morgan fingerprint density at radius 2 is 1.96 bits per heavy atom. The number of carbonyl (C=O) groups is 1. The summed E-state index contributed by atoms with van der Waals surface area (Å²) < 4.78 is 7.51. The zero-order valence-corrected chi connectivity index (χ0v) is 16.7. The lowest BCUT2D eigenvalue weighted by Gasteiger charge is -2.28. The number of hydrogen-bond acceptors (Lipinski definition) is 4. The van der Waals surface area contributed by atoms with Crippen LogP contribution in [0.1, 0.15) is 70.4 Å². The van der Waals surface area contributed by atoms with E-state index in [1.54, 1.807) is 6.07 Å². The number of ether oxygens (including phenoxy) is 1. The summed E-state index contributed by atoms with van der Waals surface area (Å²) in [4.78, 5) is 27.3. The minimum absolute atomic E-state index is 0.0447. The molecular weight excluding hydrogens is 342 g/mol. The lowest BCUT2D eigenvalue weighted by Crippen LogP contribution is -2.41. The van der Waals surface area contributed by atoms with Crippen LogP contribution in [0.3, 0.4) is 0 Å². The normalized spacial score (nSPS) is 25.0. The molecule has 3 aliphatic rings. The minimum atomic E-state index is -0.486. The monoisotopic (exact) mass is 373 g/mol. The molecule has 2 aliphatic heterocycles. The number of pyridine rings is 1. The van der Waals surface area contributed by atoms with Gasteiger partial charge in [0.1, 0.15) is 5.60 Å². The fourth-order valence-electron chi connectivity index (χ4n) is 4.62. The van der Waals surface area contributed by atoms with Crippen molar-refractivity contribution >= 4 is 6.09 Å². The van der Waals surface area contributed by atoms with Crippen molar-refractivity contribution in [3.63, 3.8) is 0 Å². The summed E-state index contributed by atoms with van der Waals surface area (Å²) in [5.41, 5.74) is 0.611. The maximum Gasteiger partial charge on any atom is 0.410 e. The molecule has 1 aromatic heterocycles. The fraction of sp³-hybridized carbons (Fsp3) is 0.714. The highest BCUT2D eigenvalue weighted by molar-refractivity contribution is 5.71. The van der Waals surface area contributed by atoms with E-state index in [-0.39, 0.29) is 23.1 Å². The van der Waals surface area contributed by atoms with Gasteiger partial charge in [0, 0.05) is 36.3 Å². The molecule has 1 amide bonds. The molecule has 27 heavy (non-hydrogen) atoms. The van der Waals surface area contributed by atoms with Crippen molar-refractivity contribution in [2.24, 2.45) is 0 Å². The summed E-state index contributed by atoms with van der Waals surface area (Å²) in [6.07, 6.45) is 6.75. The molecule has 2 saturated heterocycles. The Hall–Kier alpha value is -1.82. The van der Waals surface area contributed by atoms with E-state index < -0.39 is 5.60 Å². The molecule has 0 bridgehead atoms. The summed E-state index contributed by atoms with van der Waals surface area (Å²) in [6.45, 7) is 8.28. The van der Waals surface area contributed by atoms with Gasteiger partial charge in [-0.05, 0) is 77.6 Å². The van der Waals surface area contributed by atoms with Crippen LogP contribution in [0.4, 0.5) is 4.79 Å². The van der Waals surface area contributed by atoms with E-state index in [0.717, 1.165) is 50.8 Å². The largest absolute Gasteiger partial charge is 0.444 e. The molecule has 0 radical (unpaired) electrons. The quantitative estimate of drug-likeness (QED) is 0.865. The molecule has 6 nitrogen and oxygen atoms in total. The third-order valence-electron chi connectivity index (χ3n) is 6.19. The molecule has 3 fully saturated rings. The molecule has 6 heteroatoms. The zero-order chi connectivity index (χ0) is 19.2. The second-order valence-corrected chi connectivity index (χ2v) is 9.40. The second kappa shape index (κ2) is 6.66. The van der Waals surface area contributed by atoms with Gasteiger partial charge in [-0.2, -0.15) is 0 Å². The van der Waals surface area contributed by atoms with E-state index in [1.807, 2.05) is 36.4 Å². The van der Waals surface area contributed by atoms with Gasteiger partial charge in [0.2, 0.25) is 0 Å². The van der Waals surface area contributed by atoms with E-state index in [2.05, 4.69) is 11.4 Å². The Morgan fingerprint density at radius 3 is 2.56 bits per heavy atom. The highest BCUT2D eigenvalue weighted by Crippen LogP contribution is 2.54. The highest BCUT2D eigenvalue weighted by atomic mass is 16.6. The van der Waals surface area contributed by atoms with Gasteiger partial charge < -0.3 is 19.5 Å². The number of nitrogens with zero attached hydrogens (tertiary/aromatic N) is 2. The van der Waals surface area contributed by atoms with Crippen molar-refractivity contribution in [2.75, 3.05) is 19.6 Å². The first-order valence-electron chi connectivity index (χ1n) is 10.2. The van der Waals surface area contributed by atoms with Crippen molar-refractivity contribution in [3.8, 4) is 0 Å². The molecule has 1 spiro atoms. The number of amides is 1. The summed E-state index contributed by atoms with van der Waals surface area (Å²) in [7, 11) is 0. The Morgan fingerprint density at radius 1 is 1.26 bits per heavy atom. The lowest BCUT2D eigenvalue weighted by molar-refractivity contribution is 0.0202. The predicted octanol–water partition coefficient (Wildman–Crippen LogP) is 3.03. The van der Waals surface area contributed by atoms with E-state index in [4.69, 9.17) is 4.74 Å². The third-order valence-corrected chi connectivity index (χ3v) is 6.19. The van der Waals surface area contributed by atoms with Crippen molar-refractivity contribution in [1.29, 1.82) is 0 Å². The van der Waals surface area contributed by atoms with Crippen LogP contribution in [-0.2, 0) is 4.74 Å². The van der Waals surface area contributed by atoms with Gasteiger partial charge in [-0.3, -0.25) is 4.79 Å². The maximum atomic E-state index is 12.7. The first-order chi connectivity index (χ1) is 12.8. The molecule has 1 aliphatic carbocycles. The number of carbonyl (C=O) groups excluding carboxylic acids is 1. The highest BCUT2D eigenvalue weighted by Gasteiger charge is 2.57.